The fourth-order valence-corrected chi connectivity index (χ4v) is 3.99. The predicted molar refractivity (Wildman–Crippen MR) is 111 cm³/mol. The minimum Gasteiger partial charge on any atom is -0.268 e. The summed E-state index contributed by atoms with van der Waals surface area (Å²) >= 11 is 4.87. The van der Waals surface area contributed by atoms with Crippen molar-refractivity contribution in [2.24, 2.45) is 0 Å². The number of benzene rings is 3. The van der Waals surface area contributed by atoms with Gasteiger partial charge in [-0.1, -0.05) is 52.0 Å². The highest BCUT2D eigenvalue weighted by Crippen LogP contribution is 2.25. The number of aromatic nitrogens is 2. The highest BCUT2D eigenvalue weighted by molar-refractivity contribution is 9.10. The van der Waals surface area contributed by atoms with E-state index in [0.717, 1.165) is 15.7 Å². The maximum absolute atomic E-state index is 13.1. The zero-order chi connectivity index (χ0) is 18.8. The Hall–Kier alpha value is -2.44. The quantitative estimate of drug-likeness (QED) is 0.306. The lowest BCUT2D eigenvalue weighted by molar-refractivity contribution is 0.627. The summed E-state index contributed by atoms with van der Waals surface area (Å²) in [6.45, 7) is 0. The van der Waals surface area contributed by atoms with Crippen molar-refractivity contribution in [3.63, 3.8) is 0 Å². The molecule has 0 saturated heterocycles. The van der Waals surface area contributed by atoms with E-state index in [1.54, 1.807) is 22.8 Å². The largest absolute Gasteiger partial charge is 0.268 e. The van der Waals surface area contributed by atoms with Crippen LogP contribution in [0.15, 0.2) is 87.2 Å². The van der Waals surface area contributed by atoms with Crippen LogP contribution in [0.3, 0.4) is 0 Å². The molecule has 3 nitrogen and oxygen atoms in total. The van der Waals surface area contributed by atoms with Gasteiger partial charge in [-0.05, 0) is 54.1 Å². The van der Waals surface area contributed by atoms with Gasteiger partial charge in [0.2, 0.25) is 0 Å². The normalized spacial score (nSPS) is 11.0. The average molecular weight is 441 g/mol. The van der Waals surface area contributed by atoms with E-state index in [9.17, 15) is 9.18 Å². The zero-order valence-electron chi connectivity index (χ0n) is 14.1. The highest BCUT2D eigenvalue weighted by Gasteiger charge is 2.13. The summed E-state index contributed by atoms with van der Waals surface area (Å²) in [5.74, 6) is 0.320. The topological polar surface area (TPSA) is 34.9 Å². The van der Waals surface area contributed by atoms with E-state index < -0.39 is 0 Å². The minimum absolute atomic E-state index is 0.107. The number of hydrogen-bond donors (Lipinski definition) is 0. The van der Waals surface area contributed by atoms with Crippen LogP contribution in [0.1, 0.15) is 5.56 Å². The van der Waals surface area contributed by atoms with E-state index >= 15 is 0 Å². The van der Waals surface area contributed by atoms with Crippen molar-refractivity contribution in [3.8, 4) is 5.69 Å². The maximum atomic E-state index is 13.1. The second kappa shape index (κ2) is 7.66. The van der Waals surface area contributed by atoms with Gasteiger partial charge in [-0.2, -0.15) is 0 Å². The number of hydrogen-bond acceptors (Lipinski definition) is 3. The van der Waals surface area contributed by atoms with Crippen molar-refractivity contribution in [1.29, 1.82) is 0 Å². The molecule has 0 fully saturated rings. The lowest BCUT2D eigenvalue weighted by atomic mass is 10.2. The van der Waals surface area contributed by atoms with Crippen molar-refractivity contribution in [3.05, 3.63) is 99.0 Å². The average Bonchev–Trinajstić information content (AvgIpc) is 2.69. The van der Waals surface area contributed by atoms with Crippen LogP contribution in [-0.2, 0) is 5.75 Å². The van der Waals surface area contributed by atoms with Crippen LogP contribution in [0.25, 0.3) is 16.6 Å². The summed E-state index contributed by atoms with van der Waals surface area (Å²) in [6, 6.07) is 21.2. The molecule has 0 unspecified atom stereocenters. The standard InChI is InChI=1S/C21H14BrFN2OS/c22-15-7-11-17(12-8-15)25-20(26)18-3-1-2-4-19(18)24-21(25)27-13-14-5-9-16(23)10-6-14/h1-12H,13H2. The van der Waals surface area contributed by atoms with Gasteiger partial charge in [0.05, 0.1) is 16.6 Å². The molecule has 0 bridgehead atoms. The SMILES string of the molecule is O=c1c2ccccc2nc(SCc2ccc(F)cc2)n1-c1ccc(Br)cc1. The highest BCUT2D eigenvalue weighted by atomic mass is 79.9. The van der Waals surface area contributed by atoms with E-state index in [0.29, 0.717) is 21.8 Å². The van der Waals surface area contributed by atoms with Crippen molar-refractivity contribution in [1.82, 2.24) is 9.55 Å². The molecule has 1 heterocycles. The molecule has 0 spiro atoms. The first-order chi connectivity index (χ1) is 13.1. The van der Waals surface area contributed by atoms with Crippen LogP contribution >= 0.6 is 27.7 Å². The third-order valence-corrected chi connectivity index (χ3v) is 5.65. The molecule has 0 amide bonds. The Labute approximate surface area is 168 Å². The van der Waals surface area contributed by atoms with Crippen LogP contribution < -0.4 is 5.56 Å². The Balaban J connectivity index is 1.81. The van der Waals surface area contributed by atoms with Crippen LogP contribution in [-0.4, -0.2) is 9.55 Å². The molecule has 0 saturated carbocycles. The van der Waals surface area contributed by atoms with Gasteiger partial charge in [0.25, 0.3) is 5.56 Å². The van der Waals surface area contributed by atoms with Gasteiger partial charge in [0.1, 0.15) is 5.82 Å². The zero-order valence-corrected chi connectivity index (χ0v) is 16.5. The molecule has 0 aliphatic carbocycles. The first kappa shape index (κ1) is 17.9. The molecular weight excluding hydrogens is 427 g/mol. The van der Waals surface area contributed by atoms with E-state index in [1.165, 1.54) is 23.9 Å². The number of para-hydroxylation sites is 1. The lowest BCUT2D eigenvalue weighted by Crippen LogP contribution is -2.21. The second-order valence-electron chi connectivity index (χ2n) is 5.94. The molecule has 6 heteroatoms. The molecule has 3 aromatic carbocycles. The Morgan fingerprint density at radius 1 is 0.963 bits per heavy atom. The van der Waals surface area contributed by atoms with Gasteiger partial charge in [0, 0.05) is 10.2 Å². The molecule has 0 radical (unpaired) electrons. The smallest absolute Gasteiger partial charge is 0.266 e. The number of fused-ring (bicyclic) bond motifs is 1. The van der Waals surface area contributed by atoms with Crippen LogP contribution in [0.2, 0.25) is 0 Å². The fraction of sp³-hybridized carbons (Fsp3) is 0.0476. The monoisotopic (exact) mass is 440 g/mol. The predicted octanol–water partition coefficient (Wildman–Crippen LogP) is 5.58. The van der Waals surface area contributed by atoms with Crippen molar-refractivity contribution in [2.45, 2.75) is 10.9 Å². The summed E-state index contributed by atoms with van der Waals surface area (Å²) in [4.78, 5) is 17.8. The Kier molecular flexibility index (Phi) is 5.09. The van der Waals surface area contributed by atoms with E-state index in [4.69, 9.17) is 4.98 Å². The lowest BCUT2D eigenvalue weighted by Gasteiger charge is -2.13. The third-order valence-electron chi connectivity index (χ3n) is 4.11. The molecule has 27 heavy (non-hydrogen) atoms. The number of thioether (sulfide) groups is 1. The number of halogens is 2. The summed E-state index contributed by atoms with van der Waals surface area (Å²) in [7, 11) is 0. The van der Waals surface area contributed by atoms with E-state index in [2.05, 4.69) is 15.9 Å². The molecular formula is C21H14BrFN2OS. The summed E-state index contributed by atoms with van der Waals surface area (Å²) < 4.78 is 15.7. The number of rotatable bonds is 4. The van der Waals surface area contributed by atoms with Crippen molar-refractivity contribution in [2.75, 3.05) is 0 Å². The first-order valence-electron chi connectivity index (χ1n) is 8.27. The van der Waals surface area contributed by atoms with Crippen LogP contribution in [0.4, 0.5) is 4.39 Å². The van der Waals surface area contributed by atoms with Gasteiger partial charge < -0.3 is 0 Å². The molecule has 0 atom stereocenters. The summed E-state index contributed by atoms with van der Waals surface area (Å²) in [5, 5.41) is 1.18. The minimum atomic E-state index is -0.264. The Morgan fingerprint density at radius 3 is 2.41 bits per heavy atom. The second-order valence-corrected chi connectivity index (χ2v) is 7.80. The molecule has 4 rings (SSSR count). The third kappa shape index (κ3) is 3.82. The van der Waals surface area contributed by atoms with Crippen LogP contribution in [0, 0.1) is 5.82 Å². The Morgan fingerprint density at radius 2 is 1.67 bits per heavy atom. The van der Waals surface area contributed by atoms with Gasteiger partial charge in [-0.25, -0.2) is 9.37 Å². The summed E-state index contributed by atoms with van der Waals surface area (Å²) in [6.07, 6.45) is 0. The van der Waals surface area contributed by atoms with Crippen LogP contribution in [0.5, 0.6) is 0 Å². The van der Waals surface area contributed by atoms with Crippen molar-refractivity contribution < 1.29 is 4.39 Å². The van der Waals surface area contributed by atoms with Gasteiger partial charge in [0.15, 0.2) is 5.16 Å². The van der Waals surface area contributed by atoms with E-state index in [1.807, 2.05) is 42.5 Å². The molecule has 0 aliphatic rings. The van der Waals surface area contributed by atoms with Gasteiger partial charge in [-0.3, -0.25) is 9.36 Å². The fourth-order valence-electron chi connectivity index (χ4n) is 2.76. The first-order valence-corrected chi connectivity index (χ1v) is 10.0. The van der Waals surface area contributed by atoms with E-state index in [-0.39, 0.29) is 11.4 Å². The summed E-state index contributed by atoms with van der Waals surface area (Å²) in [5.41, 5.74) is 2.27. The van der Waals surface area contributed by atoms with Gasteiger partial charge in [-0.15, -0.1) is 0 Å². The molecule has 134 valence electrons. The molecule has 0 N–H and O–H groups in total. The molecule has 4 aromatic rings. The maximum Gasteiger partial charge on any atom is 0.266 e. The Bertz CT molecular complexity index is 1160. The van der Waals surface area contributed by atoms with Gasteiger partial charge >= 0.3 is 0 Å². The molecule has 1 aromatic heterocycles. The molecule has 0 aliphatic heterocycles. The number of nitrogens with zero attached hydrogens (tertiary/aromatic N) is 2. The van der Waals surface area contributed by atoms with Crippen molar-refractivity contribution >= 4 is 38.6 Å².